The lowest BCUT2D eigenvalue weighted by atomic mass is 10.0. The molecular formula is C15H21F3N2. The second-order valence-corrected chi connectivity index (χ2v) is 5.33. The van der Waals surface area contributed by atoms with Crippen molar-refractivity contribution in [3.63, 3.8) is 0 Å². The van der Waals surface area contributed by atoms with Gasteiger partial charge >= 0.3 is 0 Å². The Morgan fingerprint density at radius 1 is 1.20 bits per heavy atom. The molecule has 0 aliphatic carbocycles. The van der Waals surface area contributed by atoms with Crippen LogP contribution in [0.25, 0.3) is 0 Å². The first-order valence-corrected chi connectivity index (χ1v) is 7.21. The number of benzene rings is 1. The highest BCUT2D eigenvalue weighted by atomic mass is 19.2. The molecule has 0 radical (unpaired) electrons. The summed E-state index contributed by atoms with van der Waals surface area (Å²) in [5.41, 5.74) is 0.427. The molecule has 1 aromatic carbocycles. The van der Waals surface area contributed by atoms with Crippen LogP contribution in [-0.2, 0) is 0 Å². The van der Waals surface area contributed by atoms with E-state index in [9.17, 15) is 13.2 Å². The molecular weight excluding hydrogens is 265 g/mol. The van der Waals surface area contributed by atoms with Gasteiger partial charge in [-0.1, -0.05) is 20.3 Å². The minimum Gasteiger partial charge on any atom is -0.366 e. The van der Waals surface area contributed by atoms with E-state index in [0.29, 0.717) is 18.3 Å². The predicted octanol–water partition coefficient (Wildman–Crippen LogP) is 3.46. The van der Waals surface area contributed by atoms with E-state index < -0.39 is 17.5 Å². The van der Waals surface area contributed by atoms with Crippen LogP contribution in [0.5, 0.6) is 0 Å². The summed E-state index contributed by atoms with van der Waals surface area (Å²) in [7, 11) is 0. The quantitative estimate of drug-likeness (QED) is 0.853. The van der Waals surface area contributed by atoms with E-state index in [1.165, 1.54) is 0 Å². The monoisotopic (exact) mass is 286 g/mol. The van der Waals surface area contributed by atoms with Gasteiger partial charge in [0.1, 0.15) is 0 Å². The SMILES string of the molecule is CCCC1CN(c2cc(F)c(F)c(F)c2)C(CC)CN1. The van der Waals surface area contributed by atoms with Crippen LogP contribution in [0.3, 0.4) is 0 Å². The molecule has 0 spiro atoms. The predicted molar refractivity (Wildman–Crippen MR) is 74.4 cm³/mol. The lowest BCUT2D eigenvalue weighted by Gasteiger charge is -2.41. The maximum atomic E-state index is 13.4. The Kier molecular flexibility index (Phi) is 4.91. The van der Waals surface area contributed by atoms with Gasteiger partial charge in [-0.05, 0) is 12.8 Å². The molecule has 0 amide bonds. The van der Waals surface area contributed by atoms with Gasteiger partial charge in [0, 0.05) is 43.0 Å². The number of nitrogens with zero attached hydrogens (tertiary/aromatic N) is 1. The van der Waals surface area contributed by atoms with Crippen LogP contribution < -0.4 is 10.2 Å². The summed E-state index contributed by atoms with van der Waals surface area (Å²) in [6.07, 6.45) is 2.93. The largest absolute Gasteiger partial charge is 0.366 e. The van der Waals surface area contributed by atoms with Gasteiger partial charge in [-0.15, -0.1) is 0 Å². The van der Waals surface area contributed by atoms with Crippen molar-refractivity contribution in [2.45, 2.75) is 45.2 Å². The third kappa shape index (κ3) is 3.08. The molecule has 1 fully saturated rings. The minimum atomic E-state index is -1.40. The maximum absolute atomic E-state index is 13.4. The number of anilines is 1. The van der Waals surface area contributed by atoms with Gasteiger partial charge in [-0.2, -0.15) is 0 Å². The van der Waals surface area contributed by atoms with Crippen molar-refractivity contribution in [2.75, 3.05) is 18.0 Å². The summed E-state index contributed by atoms with van der Waals surface area (Å²) in [5.74, 6) is -3.65. The Morgan fingerprint density at radius 2 is 1.85 bits per heavy atom. The zero-order valence-corrected chi connectivity index (χ0v) is 11.9. The summed E-state index contributed by atoms with van der Waals surface area (Å²) in [5, 5.41) is 3.46. The van der Waals surface area contributed by atoms with Crippen molar-refractivity contribution in [1.82, 2.24) is 5.32 Å². The fourth-order valence-corrected chi connectivity index (χ4v) is 2.79. The number of piperazine rings is 1. The zero-order chi connectivity index (χ0) is 14.7. The summed E-state index contributed by atoms with van der Waals surface area (Å²) in [6.45, 7) is 5.61. The first-order valence-electron chi connectivity index (χ1n) is 7.21. The van der Waals surface area contributed by atoms with E-state index >= 15 is 0 Å². The summed E-state index contributed by atoms with van der Waals surface area (Å²) >= 11 is 0. The van der Waals surface area contributed by atoms with E-state index in [1.807, 2.05) is 11.8 Å². The molecule has 1 N–H and O–H groups in total. The third-order valence-corrected chi connectivity index (χ3v) is 3.91. The average molecular weight is 286 g/mol. The van der Waals surface area contributed by atoms with Crippen LogP contribution >= 0.6 is 0 Å². The van der Waals surface area contributed by atoms with Crippen molar-refractivity contribution >= 4 is 5.69 Å². The third-order valence-electron chi connectivity index (χ3n) is 3.91. The molecule has 0 aromatic heterocycles. The van der Waals surface area contributed by atoms with Gasteiger partial charge < -0.3 is 10.2 Å². The van der Waals surface area contributed by atoms with Crippen molar-refractivity contribution in [2.24, 2.45) is 0 Å². The standard InChI is InChI=1S/C15H21F3N2/c1-3-5-10-9-20(11(4-2)8-19-10)12-6-13(16)15(18)14(17)7-12/h6-7,10-11,19H,3-5,8-9H2,1-2H3. The first kappa shape index (κ1) is 15.2. The van der Waals surface area contributed by atoms with Crippen LogP contribution in [0.15, 0.2) is 12.1 Å². The van der Waals surface area contributed by atoms with Crippen LogP contribution in [0, 0.1) is 17.5 Å². The van der Waals surface area contributed by atoms with Gasteiger partial charge in [-0.25, -0.2) is 13.2 Å². The summed E-state index contributed by atoms with van der Waals surface area (Å²) < 4.78 is 39.9. The highest BCUT2D eigenvalue weighted by molar-refractivity contribution is 5.49. The first-order chi connectivity index (χ1) is 9.56. The number of halogens is 3. The van der Waals surface area contributed by atoms with Crippen LogP contribution in [0.1, 0.15) is 33.1 Å². The smallest absolute Gasteiger partial charge is 0.194 e. The van der Waals surface area contributed by atoms with E-state index in [-0.39, 0.29) is 6.04 Å². The minimum absolute atomic E-state index is 0.173. The van der Waals surface area contributed by atoms with E-state index in [0.717, 1.165) is 37.9 Å². The molecule has 1 aromatic rings. The average Bonchev–Trinajstić information content (AvgIpc) is 2.44. The van der Waals surface area contributed by atoms with Gasteiger partial charge in [-0.3, -0.25) is 0 Å². The van der Waals surface area contributed by atoms with Gasteiger partial charge in [0.25, 0.3) is 0 Å². The number of rotatable bonds is 4. The molecule has 2 unspecified atom stereocenters. The second kappa shape index (κ2) is 6.48. The second-order valence-electron chi connectivity index (χ2n) is 5.33. The molecule has 2 nitrogen and oxygen atoms in total. The highest BCUT2D eigenvalue weighted by Crippen LogP contribution is 2.26. The van der Waals surface area contributed by atoms with Gasteiger partial charge in [0.15, 0.2) is 17.5 Å². The Balaban J connectivity index is 2.26. The molecule has 0 bridgehead atoms. The molecule has 1 saturated heterocycles. The van der Waals surface area contributed by atoms with Crippen molar-refractivity contribution in [3.05, 3.63) is 29.6 Å². The van der Waals surface area contributed by atoms with Gasteiger partial charge in [0.05, 0.1) is 0 Å². The molecule has 1 aliphatic rings. The number of hydrogen-bond acceptors (Lipinski definition) is 2. The van der Waals surface area contributed by atoms with Gasteiger partial charge in [0.2, 0.25) is 0 Å². The topological polar surface area (TPSA) is 15.3 Å². The van der Waals surface area contributed by atoms with Crippen molar-refractivity contribution < 1.29 is 13.2 Å². The Hall–Kier alpha value is -1.23. The molecule has 1 aliphatic heterocycles. The Morgan fingerprint density at radius 3 is 2.40 bits per heavy atom. The van der Waals surface area contributed by atoms with Crippen LogP contribution in [0.2, 0.25) is 0 Å². The van der Waals surface area contributed by atoms with Crippen LogP contribution in [-0.4, -0.2) is 25.2 Å². The molecule has 2 atom stereocenters. The number of nitrogens with one attached hydrogen (secondary N) is 1. The van der Waals surface area contributed by atoms with E-state index in [2.05, 4.69) is 12.2 Å². The van der Waals surface area contributed by atoms with E-state index in [1.54, 1.807) is 0 Å². The zero-order valence-electron chi connectivity index (χ0n) is 11.9. The molecule has 5 heteroatoms. The fourth-order valence-electron chi connectivity index (χ4n) is 2.79. The molecule has 0 saturated carbocycles. The number of hydrogen-bond donors (Lipinski definition) is 1. The Labute approximate surface area is 118 Å². The van der Waals surface area contributed by atoms with E-state index in [4.69, 9.17) is 0 Å². The summed E-state index contributed by atoms with van der Waals surface area (Å²) in [4.78, 5) is 1.99. The lowest BCUT2D eigenvalue weighted by Crippen LogP contribution is -2.56. The van der Waals surface area contributed by atoms with Crippen molar-refractivity contribution in [1.29, 1.82) is 0 Å². The Bertz CT molecular complexity index is 441. The van der Waals surface area contributed by atoms with Crippen LogP contribution in [0.4, 0.5) is 18.9 Å². The molecule has 1 heterocycles. The highest BCUT2D eigenvalue weighted by Gasteiger charge is 2.27. The summed E-state index contributed by atoms with van der Waals surface area (Å²) in [6, 6.07) is 2.66. The molecule has 112 valence electrons. The lowest BCUT2D eigenvalue weighted by molar-refractivity contribution is 0.367. The maximum Gasteiger partial charge on any atom is 0.194 e. The molecule has 20 heavy (non-hydrogen) atoms. The molecule has 2 rings (SSSR count). The normalized spacial score (nSPS) is 23.1. The van der Waals surface area contributed by atoms with Crippen molar-refractivity contribution in [3.8, 4) is 0 Å². The fraction of sp³-hybridized carbons (Fsp3) is 0.600.